The number of ether oxygens (including phenoxy) is 1. The molecule has 1 fully saturated rings. The number of carbonyl (C=O) groups excluding carboxylic acids is 1. The van der Waals surface area contributed by atoms with Crippen molar-refractivity contribution in [3.8, 4) is 6.07 Å². The molecule has 5 nitrogen and oxygen atoms in total. The van der Waals surface area contributed by atoms with Crippen LogP contribution in [0.15, 0.2) is 60.8 Å². The Labute approximate surface area is 151 Å². The predicted molar refractivity (Wildman–Crippen MR) is 97.4 cm³/mol. The molecule has 0 spiro atoms. The SMILES string of the molecule is N#Cc1ccc(C(=O)N2CC(OCc3cccc4ccccc34)C2)nc1. The van der Waals surface area contributed by atoms with Crippen LogP contribution in [0.25, 0.3) is 10.8 Å². The Bertz CT molecular complexity index is 981. The smallest absolute Gasteiger partial charge is 0.272 e. The second-order valence-electron chi connectivity index (χ2n) is 6.33. The Morgan fingerprint density at radius 1 is 1.15 bits per heavy atom. The monoisotopic (exact) mass is 343 g/mol. The summed E-state index contributed by atoms with van der Waals surface area (Å²) in [4.78, 5) is 18.1. The number of nitrogens with zero attached hydrogens (tertiary/aromatic N) is 3. The molecule has 0 N–H and O–H groups in total. The van der Waals surface area contributed by atoms with Gasteiger partial charge in [0.1, 0.15) is 11.8 Å². The van der Waals surface area contributed by atoms with E-state index in [2.05, 4.69) is 29.2 Å². The van der Waals surface area contributed by atoms with Crippen molar-refractivity contribution in [3.63, 3.8) is 0 Å². The highest BCUT2D eigenvalue weighted by atomic mass is 16.5. The van der Waals surface area contributed by atoms with E-state index >= 15 is 0 Å². The minimum atomic E-state index is -0.125. The zero-order valence-electron chi connectivity index (χ0n) is 14.1. The largest absolute Gasteiger partial charge is 0.370 e. The molecule has 0 aliphatic carbocycles. The van der Waals surface area contributed by atoms with Gasteiger partial charge >= 0.3 is 0 Å². The number of nitriles is 1. The Kier molecular flexibility index (Phi) is 4.34. The highest BCUT2D eigenvalue weighted by Crippen LogP contribution is 2.22. The summed E-state index contributed by atoms with van der Waals surface area (Å²) in [5.74, 6) is -0.125. The van der Waals surface area contributed by atoms with Crippen molar-refractivity contribution in [2.75, 3.05) is 13.1 Å². The quantitative estimate of drug-likeness (QED) is 0.730. The first kappa shape index (κ1) is 16.2. The molecular weight excluding hydrogens is 326 g/mol. The van der Waals surface area contributed by atoms with Crippen molar-refractivity contribution in [2.45, 2.75) is 12.7 Å². The van der Waals surface area contributed by atoms with Crippen LogP contribution in [-0.4, -0.2) is 35.0 Å². The van der Waals surface area contributed by atoms with Gasteiger partial charge in [-0.1, -0.05) is 42.5 Å². The van der Waals surface area contributed by atoms with E-state index in [9.17, 15) is 4.79 Å². The highest BCUT2D eigenvalue weighted by Gasteiger charge is 2.32. The topological polar surface area (TPSA) is 66.2 Å². The number of amides is 1. The molecule has 0 bridgehead atoms. The maximum Gasteiger partial charge on any atom is 0.272 e. The molecule has 1 amide bonds. The Hall–Kier alpha value is -3.23. The lowest BCUT2D eigenvalue weighted by Gasteiger charge is -2.38. The molecule has 0 unspecified atom stereocenters. The van der Waals surface area contributed by atoms with Crippen LogP contribution in [0.5, 0.6) is 0 Å². The standard InChI is InChI=1S/C21H17N3O2/c22-10-15-8-9-20(23-11-15)21(25)24-12-18(13-24)26-14-17-6-3-5-16-4-1-2-7-19(16)17/h1-9,11,18H,12-14H2. The third-order valence-corrected chi connectivity index (χ3v) is 4.60. The van der Waals surface area contributed by atoms with E-state index in [0.717, 1.165) is 5.56 Å². The Morgan fingerprint density at radius 3 is 2.73 bits per heavy atom. The number of carbonyl (C=O) groups is 1. The minimum absolute atomic E-state index is 0.0382. The van der Waals surface area contributed by atoms with Crippen LogP contribution < -0.4 is 0 Å². The van der Waals surface area contributed by atoms with Crippen LogP contribution in [-0.2, 0) is 11.3 Å². The van der Waals surface area contributed by atoms with Gasteiger partial charge in [0.25, 0.3) is 5.91 Å². The average Bonchev–Trinajstić information content (AvgIpc) is 2.66. The maximum absolute atomic E-state index is 12.3. The summed E-state index contributed by atoms with van der Waals surface area (Å²) >= 11 is 0. The van der Waals surface area contributed by atoms with E-state index in [4.69, 9.17) is 10.00 Å². The molecule has 1 aliphatic rings. The van der Waals surface area contributed by atoms with Gasteiger partial charge in [-0.2, -0.15) is 5.26 Å². The van der Waals surface area contributed by atoms with Gasteiger partial charge in [0, 0.05) is 19.3 Å². The van der Waals surface area contributed by atoms with Gasteiger partial charge in [-0.15, -0.1) is 0 Å². The molecular formula is C21H17N3O2. The molecule has 5 heteroatoms. The zero-order valence-corrected chi connectivity index (χ0v) is 14.1. The number of hydrogen-bond donors (Lipinski definition) is 0. The lowest BCUT2D eigenvalue weighted by atomic mass is 10.1. The normalized spacial score (nSPS) is 14.0. The number of pyridine rings is 1. The predicted octanol–water partition coefficient (Wildman–Crippen LogP) is 3.15. The maximum atomic E-state index is 12.3. The molecule has 0 saturated carbocycles. The number of aromatic nitrogens is 1. The second-order valence-corrected chi connectivity index (χ2v) is 6.33. The number of benzene rings is 2. The van der Waals surface area contributed by atoms with Gasteiger partial charge in [-0.05, 0) is 28.5 Å². The summed E-state index contributed by atoms with van der Waals surface area (Å²) in [7, 11) is 0. The lowest BCUT2D eigenvalue weighted by Crippen LogP contribution is -2.54. The molecule has 1 aromatic heterocycles. The van der Waals surface area contributed by atoms with E-state index in [1.165, 1.54) is 17.0 Å². The molecule has 0 radical (unpaired) electrons. The van der Waals surface area contributed by atoms with Gasteiger partial charge in [-0.25, -0.2) is 4.98 Å². The second kappa shape index (κ2) is 6.95. The molecule has 4 rings (SSSR count). The van der Waals surface area contributed by atoms with Crippen LogP contribution in [0.3, 0.4) is 0 Å². The first-order chi connectivity index (χ1) is 12.7. The molecule has 26 heavy (non-hydrogen) atoms. The summed E-state index contributed by atoms with van der Waals surface area (Å²) < 4.78 is 5.97. The average molecular weight is 343 g/mol. The Morgan fingerprint density at radius 2 is 1.96 bits per heavy atom. The first-order valence-electron chi connectivity index (χ1n) is 8.48. The van der Waals surface area contributed by atoms with Crippen molar-refractivity contribution in [1.82, 2.24) is 9.88 Å². The van der Waals surface area contributed by atoms with E-state index < -0.39 is 0 Å². The molecule has 1 saturated heterocycles. The van der Waals surface area contributed by atoms with Gasteiger partial charge in [-0.3, -0.25) is 4.79 Å². The van der Waals surface area contributed by atoms with Crippen molar-refractivity contribution in [3.05, 3.63) is 77.6 Å². The van der Waals surface area contributed by atoms with Gasteiger partial charge in [0.05, 0.1) is 18.3 Å². The number of hydrogen-bond acceptors (Lipinski definition) is 4. The molecule has 2 heterocycles. The van der Waals surface area contributed by atoms with Gasteiger partial charge in [0.2, 0.25) is 0 Å². The molecule has 3 aromatic rings. The lowest BCUT2D eigenvalue weighted by molar-refractivity contribution is -0.0501. The molecule has 0 atom stereocenters. The van der Waals surface area contributed by atoms with Crippen LogP contribution in [0.4, 0.5) is 0 Å². The van der Waals surface area contributed by atoms with E-state index in [1.807, 2.05) is 24.3 Å². The molecule has 1 aliphatic heterocycles. The number of fused-ring (bicyclic) bond motifs is 1. The minimum Gasteiger partial charge on any atom is -0.370 e. The van der Waals surface area contributed by atoms with E-state index in [1.54, 1.807) is 17.0 Å². The van der Waals surface area contributed by atoms with Crippen LogP contribution in [0, 0.1) is 11.3 Å². The third kappa shape index (κ3) is 3.15. The van der Waals surface area contributed by atoms with E-state index in [-0.39, 0.29) is 12.0 Å². The van der Waals surface area contributed by atoms with Crippen LogP contribution >= 0.6 is 0 Å². The van der Waals surface area contributed by atoms with Crippen molar-refractivity contribution in [2.24, 2.45) is 0 Å². The van der Waals surface area contributed by atoms with Crippen LogP contribution in [0.2, 0.25) is 0 Å². The van der Waals surface area contributed by atoms with Crippen molar-refractivity contribution in [1.29, 1.82) is 5.26 Å². The fraction of sp³-hybridized carbons (Fsp3) is 0.190. The van der Waals surface area contributed by atoms with E-state index in [0.29, 0.717) is 31.0 Å². The summed E-state index contributed by atoms with van der Waals surface area (Å²) in [6, 6.07) is 19.6. The Balaban J connectivity index is 1.33. The van der Waals surface area contributed by atoms with Crippen molar-refractivity contribution >= 4 is 16.7 Å². The summed E-state index contributed by atoms with van der Waals surface area (Å²) in [5, 5.41) is 11.2. The zero-order chi connectivity index (χ0) is 17.9. The van der Waals surface area contributed by atoms with Crippen molar-refractivity contribution < 1.29 is 9.53 Å². The summed E-state index contributed by atoms with van der Waals surface area (Å²) in [6.45, 7) is 1.65. The number of likely N-dealkylation sites (tertiary alicyclic amines) is 1. The third-order valence-electron chi connectivity index (χ3n) is 4.60. The molecule has 2 aromatic carbocycles. The number of rotatable bonds is 4. The van der Waals surface area contributed by atoms with Gasteiger partial charge < -0.3 is 9.64 Å². The summed E-state index contributed by atoms with van der Waals surface area (Å²) in [5.41, 5.74) is 1.96. The van der Waals surface area contributed by atoms with Gasteiger partial charge in [0.15, 0.2) is 0 Å². The molecule has 128 valence electrons. The fourth-order valence-electron chi connectivity index (χ4n) is 3.08. The summed E-state index contributed by atoms with van der Waals surface area (Å²) in [6.07, 6.45) is 1.46. The van der Waals surface area contributed by atoms with Crippen LogP contribution in [0.1, 0.15) is 21.6 Å². The first-order valence-corrected chi connectivity index (χ1v) is 8.48. The highest BCUT2D eigenvalue weighted by molar-refractivity contribution is 5.93. The fourth-order valence-corrected chi connectivity index (χ4v) is 3.08.